The molecule has 0 aliphatic heterocycles. The molecule has 0 spiro atoms. The van der Waals surface area contributed by atoms with Crippen LogP contribution in [0, 0.1) is 17.0 Å². The molecule has 1 aromatic heterocycles. The van der Waals surface area contributed by atoms with Gasteiger partial charge >= 0.3 is 0 Å². The minimum absolute atomic E-state index is 0.171. The van der Waals surface area contributed by atoms with E-state index in [-0.39, 0.29) is 23.4 Å². The van der Waals surface area contributed by atoms with Crippen LogP contribution in [0.15, 0.2) is 71.5 Å². The maximum atomic E-state index is 13.8. The lowest BCUT2D eigenvalue weighted by molar-refractivity contribution is -0.384. The van der Waals surface area contributed by atoms with E-state index in [1.165, 1.54) is 40.8 Å². The fourth-order valence-electron chi connectivity index (χ4n) is 4.29. The number of nitro groups is 1. The highest BCUT2D eigenvalue weighted by molar-refractivity contribution is 5.95. The number of rotatable bonds is 7. The van der Waals surface area contributed by atoms with Gasteiger partial charge in [0.05, 0.1) is 34.7 Å². The maximum absolute atomic E-state index is 13.8. The van der Waals surface area contributed by atoms with Crippen LogP contribution in [0.2, 0.25) is 0 Å². The first kappa shape index (κ1) is 24.6. The van der Waals surface area contributed by atoms with E-state index in [1.807, 2.05) is 26.0 Å². The number of nitro benzene ring substituents is 1. The number of amides is 1. The SMILES string of the molecule is CCN(C(=O)c1cccc([N+](=O)[O-])c1)C(C)c1nc2ccccc2c(=O)n1-c1cc(C)ccc1OC. The molecule has 0 radical (unpaired) electrons. The van der Waals surface area contributed by atoms with Gasteiger partial charge in [-0.1, -0.05) is 24.3 Å². The second kappa shape index (κ2) is 9.99. The second-order valence-electron chi connectivity index (χ2n) is 8.38. The average molecular weight is 487 g/mol. The Balaban J connectivity index is 1.93. The van der Waals surface area contributed by atoms with Crippen LogP contribution in [0.1, 0.15) is 41.6 Å². The van der Waals surface area contributed by atoms with Crippen LogP contribution in [0.3, 0.4) is 0 Å². The van der Waals surface area contributed by atoms with Crippen LogP contribution in [0.25, 0.3) is 16.6 Å². The van der Waals surface area contributed by atoms with Crippen molar-refractivity contribution < 1.29 is 14.5 Å². The minimum atomic E-state index is -0.649. The summed E-state index contributed by atoms with van der Waals surface area (Å²) in [6.45, 7) is 5.79. The summed E-state index contributed by atoms with van der Waals surface area (Å²) in [5.41, 5.74) is 1.66. The van der Waals surface area contributed by atoms with Crippen LogP contribution >= 0.6 is 0 Å². The lowest BCUT2D eigenvalue weighted by atomic mass is 10.1. The molecule has 0 aliphatic carbocycles. The number of hydrogen-bond acceptors (Lipinski definition) is 6. The van der Waals surface area contributed by atoms with Crippen LogP contribution in [0.5, 0.6) is 5.75 Å². The highest BCUT2D eigenvalue weighted by Crippen LogP contribution is 2.29. The third kappa shape index (κ3) is 4.43. The molecule has 36 heavy (non-hydrogen) atoms. The molecule has 184 valence electrons. The van der Waals surface area contributed by atoms with Crippen LogP contribution < -0.4 is 10.3 Å². The predicted molar refractivity (Wildman–Crippen MR) is 137 cm³/mol. The van der Waals surface area contributed by atoms with Gasteiger partial charge in [-0.2, -0.15) is 0 Å². The van der Waals surface area contributed by atoms with Gasteiger partial charge in [-0.25, -0.2) is 4.98 Å². The Morgan fingerprint density at radius 3 is 2.58 bits per heavy atom. The zero-order valence-electron chi connectivity index (χ0n) is 20.5. The van der Waals surface area contributed by atoms with E-state index in [0.29, 0.717) is 28.2 Å². The Morgan fingerprint density at radius 2 is 1.89 bits per heavy atom. The standard InChI is InChI=1S/C27H26N4O5/c1-5-29(26(32)19-9-8-10-20(16-19)31(34)35)18(3)25-28-22-12-7-6-11-21(22)27(33)30(25)23-15-17(2)13-14-24(23)36-4/h6-16,18H,5H2,1-4H3. The number of aromatic nitrogens is 2. The van der Waals surface area contributed by atoms with E-state index in [2.05, 4.69) is 0 Å². The van der Waals surface area contributed by atoms with Crippen molar-refractivity contribution in [1.82, 2.24) is 14.5 Å². The Bertz CT molecular complexity index is 1530. The number of methoxy groups -OCH3 is 1. The third-order valence-corrected chi connectivity index (χ3v) is 6.12. The number of fused-ring (bicyclic) bond motifs is 1. The highest BCUT2D eigenvalue weighted by atomic mass is 16.6. The highest BCUT2D eigenvalue weighted by Gasteiger charge is 2.28. The van der Waals surface area contributed by atoms with Crippen molar-refractivity contribution in [3.8, 4) is 11.4 Å². The molecule has 9 heteroatoms. The summed E-state index contributed by atoms with van der Waals surface area (Å²) in [7, 11) is 1.53. The monoisotopic (exact) mass is 486 g/mol. The van der Waals surface area contributed by atoms with Crippen molar-refractivity contribution in [1.29, 1.82) is 0 Å². The summed E-state index contributed by atoms with van der Waals surface area (Å²) < 4.78 is 7.05. The van der Waals surface area contributed by atoms with Crippen LogP contribution in [0.4, 0.5) is 5.69 Å². The first-order valence-electron chi connectivity index (χ1n) is 11.5. The van der Waals surface area contributed by atoms with E-state index in [1.54, 1.807) is 37.3 Å². The Morgan fingerprint density at radius 1 is 1.14 bits per heavy atom. The van der Waals surface area contributed by atoms with Gasteiger partial charge in [0.25, 0.3) is 17.2 Å². The van der Waals surface area contributed by atoms with E-state index in [9.17, 15) is 19.7 Å². The van der Waals surface area contributed by atoms with Crippen molar-refractivity contribution in [3.63, 3.8) is 0 Å². The van der Waals surface area contributed by atoms with Gasteiger partial charge in [-0.05, 0) is 56.7 Å². The van der Waals surface area contributed by atoms with E-state index in [4.69, 9.17) is 9.72 Å². The Hall–Kier alpha value is -4.53. The molecule has 1 heterocycles. The molecule has 1 unspecified atom stereocenters. The number of carbonyl (C=O) groups excluding carboxylic acids is 1. The fourth-order valence-corrected chi connectivity index (χ4v) is 4.29. The third-order valence-electron chi connectivity index (χ3n) is 6.12. The number of benzene rings is 3. The van der Waals surface area contributed by atoms with E-state index < -0.39 is 16.9 Å². The summed E-state index contributed by atoms with van der Waals surface area (Å²) in [4.78, 5) is 44.3. The zero-order chi connectivity index (χ0) is 26.0. The smallest absolute Gasteiger partial charge is 0.270 e. The Kier molecular flexibility index (Phi) is 6.82. The van der Waals surface area contributed by atoms with Crippen LogP contribution in [-0.4, -0.2) is 38.9 Å². The molecule has 1 amide bonds. The van der Waals surface area contributed by atoms with Gasteiger partial charge in [0, 0.05) is 24.2 Å². The van der Waals surface area contributed by atoms with Crippen molar-refractivity contribution in [2.45, 2.75) is 26.8 Å². The van der Waals surface area contributed by atoms with Gasteiger partial charge in [-0.3, -0.25) is 24.3 Å². The van der Waals surface area contributed by atoms with Gasteiger partial charge in [-0.15, -0.1) is 0 Å². The molecule has 1 atom stereocenters. The fraction of sp³-hybridized carbons (Fsp3) is 0.222. The molecule has 0 bridgehead atoms. The van der Waals surface area contributed by atoms with Gasteiger partial charge in [0.1, 0.15) is 11.6 Å². The summed E-state index contributed by atoms with van der Waals surface area (Å²) in [6.07, 6.45) is 0. The van der Waals surface area contributed by atoms with Crippen molar-refractivity contribution in [2.75, 3.05) is 13.7 Å². The molecule has 3 aromatic carbocycles. The second-order valence-corrected chi connectivity index (χ2v) is 8.38. The van der Waals surface area contributed by atoms with Crippen LogP contribution in [-0.2, 0) is 0 Å². The normalized spacial score (nSPS) is 11.8. The predicted octanol–water partition coefficient (Wildman–Crippen LogP) is 4.83. The summed E-state index contributed by atoms with van der Waals surface area (Å²) in [5.74, 6) is 0.434. The molecular weight excluding hydrogens is 460 g/mol. The number of para-hydroxylation sites is 1. The van der Waals surface area contributed by atoms with Gasteiger partial charge in [0.15, 0.2) is 0 Å². The lowest BCUT2D eigenvalue weighted by Gasteiger charge is -2.30. The maximum Gasteiger partial charge on any atom is 0.270 e. The molecule has 0 N–H and O–H groups in total. The van der Waals surface area contributed by atoms with Crippen molar-refractivity contribution in [2.24, 2.45) is 0 Å². The number of ether oxygens (including phenoxy) is 1. The quantitative estimate of drug-likeness (QED) is 0.273. The molecule has 4 aromatic rings. The first-order valence-corrected chi connectivity index (χ1v) is 11.5. The van der Waals surface area contributed by atoms with Gasteiger partial charge < -0.3 is 9.64 Å². The molecule has 9 nitrogen and oxygen atoms in total. The van der Waals surface area contributed by atoms with Crippen molar-refractivity contribution >= 4 is 22.5 Å². The molecular formula is C27H26N4O5. The minimum Gasteiger partial charge on any atom is -0.495 e. The number of aryl methyl sites for hydroxylation is 1. The largest absolute Gasteiger partial charge is 0.495 e. The topological polar surface area (TPSA) is 108 Å². The summed E-state index contributed by atoms with van der Waals surface area (Å²) in [5, 5.41) is 11.7. The number of carbonyl (C=O) groups is 1. The number of nitrogens with zero attached hydrogens (tertiary/aromatic N) is 4. The molecule has 0 fully saturated rings. The zero-order valence-corrected chi connectivity index (χ0v) is 20.5. The molecule has 0 saturated heterocycles. The first-order chi connectivity index (χ1) is 17.3. The molecule has 0 aliphatic rings. The number of hydrogen-bond donors (Lipinski definition) is 0. The van der Waals surface area contributed by atoms with Crippen molar-refractivity contribution in [3.05, 3.63) is 104 Å². The average Bonchev–Trinajstić information content (AvgIpc) is 2.89. The Labute approximate surface area is 207 Å². The van der Waals surface area contributed by atoms with E-state index in [0.717, 1.165) is 5.56 Å². The number of non-ortho nitro benzene ring substituents is 1. The molecule has 0 saturated carbocycles. The molecule has 4 rings (SSSR count). The lowest BCUT2D eigenvalue weighted by Crippen LogP contribution is -2.37. The van der Waals surface area contributed by atoms with E-state index >= 15 is 0 Å². The summed E-state index contributed by atoms with van der Waals surface area (Å²) in [6, 6.07) is 17.5. The summed E-state index contributed by atoms with van der Waals surface area (Å²) >= 11 is 0. The van der Waals surface area contributed by atoms with Gasteiger partial charge in [0.2, 0.25) is 0 Å².